The van der Waals surface area contributed by atoms with E-state index in [-0.39, 0.29) is 4.90 Å². The van der Waals surface area contributed by atoms with E-state index in [0.29, 0.717) is 11.1 Å². The summed E-state index contributed by atoms with van der Waals surface area (Å²) in [5.41, 5.74) is 4.62. The molecule has 0 saturated heterocycles. The number of nitrogens with one attached hydrogen (secondary N) is 1. The van der Waals surface area contributed by atoms with E-state index in [0.717, 1.165) is 22.4 Å². The summed E-state index contributed by atoms with van der Waals surface area (Å²) in [6.45, 7) is 4.29. The van der Waals surface area contributed by atoms with Crippen molar-refractivity contribution in [3.05, 3.63) is 59.2 Å². The van der Waals surface area contributed by atoms with Crippen LogP contribution in [0.2, 0.25) is 5.15 Å². The monoisotopic (exact) mass is 374 g/mol. The summed E-state index contributed by atoms with van der Waals surface area (Å²) in [6, 6.07) is 14.9. The molecule has 1 heterocycles. The summed E-state index contributed by atoms with van der Waals surface area (Å²) in [4.78, 5) is 0.282. The first-order chi connectivity index (χ1) is 11.8. The highest BCUT2D eigenvalue weighted by Crippen LogP contribution is 2.36. The van der Waals surface area contributed by atoms with Crippen LogP contribution in [0.25, 0.3) is 22.4 Å². The normalized spacial score (nSPS) is 11.9. The number of hydrogen-bond acceptors (Lipinski definition) is 3. The van der Waals surface area contributed by atoms with Gasteiger partial charge >= 0.3 is 0 Å². The lowest BCUT2D eigenvalue weighted by atomic mass is 9.97. The minimum Gasteiger partial charge on any atom is -0.276 e. The molecule has 1 aromatic heterocycles. The highest BCUT2D eigenvalue weighted by Gasteiger charge is 2.16. The number of hydrogen-bond donors (Lipinski definition) is 1. The van der Waals surface area contributed by atoms with E-state index >= 15 is 0 Å². The molecule has 130 valence electrons. The minimum absolute atomic E-state index is 0.282. The number of aromatic nitrogens is 2. The second kappa shape index (κ2) is 6.65. The van der Waals surface area contributed by atoms with Crippen LogP contribution in [-0.2, 0) is 9.84 Å². The Labute approximate surface area is 152 Å². The number of sulfone groups is 1. The topological polar surface area (TPSA) is 62.8 Å². The van der Waals surface area contributed by atoms with Crippen LogP contribution in [0.15, 0.2) is 53.4 Å². The molecule has 0 saturated carbocycles. The molecule has 25 heavy (non-hydrogen) atoms. The number of H-pyrrole nitrogens is 1. The van der Waals surface area contributed by atoms with E-state index in [9.17, 15) is 8.42 Å². The Hall–Kier alpha value is -2.11. The number of rotatable bonds is 4. The maximum absolute atomic E-state index is 11.6. The Kier molecular flexibility index (Phi) is 4.71. The molecule has 0 aliphatic carbocycles. The van der Waals surface area contributed by atoms with Crippen LogP contribution in [0, 0.1) is 0 Å². The van der Waals surface area contributed by atoms with Crippen molar-refractivity contribution in [1.82, 2.24) is 10.2 Å². The van der Waals surface area contributed by atoms with Gasteiger partial charge in [-0.15, -0.1) is 0 Å². The molecule has 3 rings (SSSR count). The minimum atomic E-state index is -3.22. The number of benzene rings is 2. The van der Waals surface area contributed by atoms with Crippen molar-refractivity contribution in [2.45, 2.75) is 24.7 Å². The van der Waals surface area contributed by atoms with Gasteiger partial charge in [0, 0.05) is 17.4 Å². The summed E-state index contributed by atoms with van der Waals surface area (Å²) >= 11 is 6.30. The molecule has 3 aromatic rings. The molecule has 0 unspecified atom stereocenters. The van der Waals surface area contributed by atoms with Crippen LogP contribution in [-0.4, -0.2) is 24.9 Å². The fourth-order valence-corrected chi connectivity index (χ4v) is 3.57. The highest BCUT2D eigenvalue weighted by atomic mass is 35.5. The Morgan fingerprint density at radius 1 is 0.960 bits per heavy atom. The Morgan fingerprint density at radius 3 is 2.04 bits per heavy atom. The lowest BCUT2D eigenvalue weighted by molar-refractivity contribution is 0.602. The van der Waals surface area contributed by atoms with Gasteiger partial charge in [0.05, 0.1) is 10.6 Å². The average molecular weight is 375 g/mol. The van der Waals surface area contributed by atoms with Crippen molar-refractivity contribution in [3.8, 4) is 22.4 Å². The summed E-state index contributed by atoms with van der Waals surface area (Å²) < 4.78 is 23.2. The van der Waals surface area contributed by atoms with E-state index in [2.05, 4.69) is 36.2 Å². The molecule has 0 radical (unpaired) electrons. The van der Waals surface area contributed by atoms with Crippen LogP contribution in [0.5, 0.6) is 0 Å². The zero-order chi connectivity index (χ0) is 18.2. The molecule has 4 nitrogen and oxygen atoms in total. The van der Waals surface area contributed by atoms with Gasteiger partial charge in [0.1, 0.15) is 0 Å². The molecule has 0 spiro atoms. The van der Waals surface area contributed by atoms with Gasteiger partial charge in [-0.2, -0.15) is 5.10 Å². The second-order valence-corrected chi connectivity index (χ2v) is 8.71. The molecule has 0 bridgehead atoms. The van der Waals surface area contributed by atoms with E-state index in [1.54, 1.807) is 24.3 Å². The summed E-state index contributed by atoms with van der Waals surface area (Å²) in [5, 5.41) is 7.46. The quantitative estimate of drug-likeness (QED) is 0.704. The molecular weight excluding hydrogens is 356 g/mol. The predicted octanol–water partition coefficient (Wildman–Crippen LogP) is 4.92. The maximum atomic E-state index is 11.6. The third-order valence-electron chi connectivity index (χ3n) is 4.16. The zero-order valence-electron chi connectivity index (χ0n) is 14.2. The Balaban J connectivity index is 2.05. The molecule has 0 aliphatic rings. The molecule has 0 amide bonds. The maximum Gasteiger partial charge on any atom is 0.175 e. The van der Waals surface area contributed by atoms with Gasteiger partial charge in [0.15, 0.2) is 15.0 Å². The van der Waals surface area contributed by atoms with Crippen LogP contribution < -0.4 is 0 Å². The molecule has 0 fully saturated rings. The van der Waals surface area contributed by atoms with Gasteiger partial charge in [-0.3, -0.25) is 5.10 Å². The van der Waals surface area contributed by atoms with Crippen LogP contribution >= 0.6 is 11.6 Å². The van der Waals surface area contributed by atoms with Crippen LogP contribution in [0.1, 0.15) is 25.3 Å². The summed E-state index contributed by atoms with van der Waals surface area (Å²) in [5.74, 6) is 0.455. The highest BCUT2D eigenvalue weighted by molar-refractivity contribution is 7.90. The van der Waals surface area contributed by atoms with Crippen molar-refractivity contribution >= 4 is 21.4 Å². The van der Waals surface area contributed by atoms with Gasteiger partial charge in [-0.1, -0.05) is 61.8 Å². The van der Waals surface area contributed by atoms with Crippen molar-refractivity contribution in [1.29, 1.82) is 0 Å². The van der Waals surface area contributed by atoms with Crippen molar-refractivity contribution in [3.63, 3.8) is 0 Å². The zero-order valence-corrected chi connectivity index (χ0v) is 15.8. The predicted molar refractivity (Wildman–Crippen MR) is 102 cm³/mol. The molecule has 1 N–H and O–H groups in total. The molecular formula is C19H19ClN2O2S. The largest absolute Gasteiger partial charge is 0.276 e. The second-order valence-electron chi connectivity index (χ2n) is 6.34. The molecule has 6 heteroatoms. The standard InChI is InChI=1S/C19H19ClN2O2S/c1-12(2)13-4-6-14(7-5-13)17-18(21-22-19(17)20)15-8-10-16(11-9-15)25(3,23)24/h4-12H,1-3H3,(H,21,22). The van der Waals surface area contributed by atoms with E-state index in [1.807, 2.05) is 12.1 Å². The lowest BCUT2D eigenvalue weighted by Crippen LogP contribution is -1.96. The smallest absolute Gasteiger partial charge is 0.175 e. The van der Waals surface area contributed by atoms with Gasteiger partial charge < -0.3 is 0 Å². The first-order valence-corrected chi connectivity index (χ1v) is 10.2. The van der Waals surface area contributed by atoms with E-state index < -0.39 is 9.84 Å². The van der Waals surface area contributed by atoms with Crippen molar-refractivity contribution in [2.75, 3.05) is 6.26 Å². The first-order valence-electron chi connectivity index (χ1n) is 7.92. The lowest BCUT2D eigenvalue weighted by Gasteiger charge is -2.08. The Morgan fingerprint density at radius 2 is 1.52 bits per heavy atom. The van der Waals surface area contributed by atoms with Crippen LogP contribution in [0.3, 0.4) is 0 Å². The molecule has 2 aromatic carbocycles. The Bertz CT molecular complexity index is 989. The van der Waals surface area contributed by atoms with Crippen molar-refractivity contribution < 1.29 is 8.42 Å². The van der Waals surface area contributed by atoms with Gasteiger partial charge in [-0.05, 0) is 29.2 Å². The number of nitrogens with zero attached hydrogens (tertiary/aromatic N) is 1. The fourth-order valence-electron chi connectivity index (χ4n) is 2.70. The fraction of sp³-hybridized carbons (Fsp3) is 0.211. The SMILES string of the molecule is CC(C)c1ccc(-c2c(Cl)n[nH]c2-c2ccc(S(C)(=O)=O)cc2)cc1. The third kappa shape index (κ3) is 3.62. The summed E-state index contributed by atoms with van der Waals surface area (Å²) in [6.07, 6.45) is 1.19. The average Bonchev–Trinajstić information content (AvgIpc) is 2.96. The molecule has 0 aliphatic heterocycles. The van der Waals surface area contributed by atoms with Gasteiger partial charge in [0.25, 0.3) is 0 Å². The first kappa shape index (κ1) is 17.7. The molecule has 0 atom stereocenters. The van der Waals surface area contributed by atoms with E-state index in [4.69, 9.17) is 11.6 Å². The summed E-state index contributed by atoms with van der Waals surface area (Å²) in [7, 11) is -3.22. The third-order valence-corrected chi connectivity index (χ3v) is 5.56. The number of aromatic amines is 1. The van der Waals surface area contributed by atoms with E-state index in [1.165, 1.54) is 11.8 Å². The van der Waals surface area contributed by atoms with Gasteiger partial charge in [-0.25, -0.2) is 8.42 Å². The van der Waals surface area contributed by atoms with Crippen molar-refractivity contribution in [2.24, 2.45) is 0 Å². The van der Waals surface area contributed by atoms with Crippen LogP contribution in [0.4, 0.5) is 0 Å². The van der Waals surface area contributed by atoms with Gasteiger partial charge in [0.2, 0.25) is 0 Å². The number of halogens is 1.